The standard InChI is InChI=1S/C16H26N2O/c1-16(2)9-6-10-18(12-16)14(11-17)13-7-4-5-8-15(13)19-3/h4-5,7-8,14H,6,9-12,17H2,1-3H3. The molecule has 2 N–H and O–H groups in total. The highest BCUT2D eigenvalue weighted by Gasteiger charge is 2.31. The van der Waals surface area contributed by atoms with Crippen molar-refractivity contribution in [2.45, 2.75) is 32.7 Å². The number of likely N-dealkylation sites (tertiary alicyclic amines) is 1. The van der Waals surface area contributed by atoms with Gasteiger partial charge in [-0.25, -0.2) is 0 Å². The molecule has 3 nitrogen and oxygen atoms in total. The molecule has 0 aliphatic carbocycles. The largest absolute Gasteiger partial charge is 0.496 e. The van der Waals surface area contributed by atoms with Crippen molar-refractivity contribution in [2.75, 3.05) is 26.7 Å². The normalized spacial score (nSPS) is 21.1. The van der Waals surface area contributed by atoms with Crippen LogP contribution in [0.2, 0.25) is 0 Å². The van der Waals surface area contributed by atoms with Crippen LogP contribution in [0, 0.1) is 5.41 Å². The Balaban J connectivity index is 2.24. The van der Waals surface area contributed by atoms with Gasteiger partial charge in [-0.1, -0.05) is 32.0 Å². The summed E-state index contributed by atoms with van der Waals surface area (Å²) in [5.74, 6) is 0.946. The Morgan fingerprint density at radius 1 is 1.37 bits per heavy atom. The first-order chi connectivity index (χ1) is 9.07. The van der Waals surface area contributed by atoms with E-state index in [1.807, 2.05) is 12.1 Å². The van der Waals surface area contributed by atoms with Crippen LogP contribution in [0.4, 0.5) is 0 Å². The molecule has 1 aromatic rings. The first-order valence-corrected chi connectivity index (χ1v) is 7.14. The van der Waals surface area contributed by atoms with Gasteiger partial charge in [0.2, 0.25) is 0 Å². The minimum Gasteiger partial charge on any atom is -0.496 e. The summed E-state index contributed by atoms with van der Waals surface area (Å²) in [6.07, 6.45) is 2.55. The second-order valence-electron chi connectivity index (χ2n) is 6.23. The Morgan fingerprint density at radius 2 is 2.11 bits per heavy atom. The minimum absolute atomic E-state index is 0.260. The number of nitrogens with two attached hydrogens (primary N) is 1. The number of ether oxygens (including phenoxy) is 1. The van der Waals surface area contributed by atoms with Crippen molar-refractivity contribution in [2.24, 2.45) is 11.1 Å². The van der Waals surface area contributed by atoms with Crippen molar-refractivity contribution in [1.29, 1.82) is 0 Å². The molecule has 106 valence electrons. The third-order valence-electron chi connectivity index (χ3n) is 4.09. The molecular formula is C16H26N2O. The van der Waals surface area contributed by atoms with Gasteiger partial charge in [-0.2, -0.15) is 0 Å². The van der Waals surface area contributed by atoms with E-state index in [0.717, 1.165) is 18.8 Å². The summed E-state index contributed by atoms with van der Waals surface area (Å²) in [7, 11) is 1.73. The molecular weight excluding hydrogens is 236 g/mol. The second kappa shape index (κ2) is 5.93. The number of para-hydroxylation sites is 1. The summed E-state index contributed by atoms with van der Waals surface area (Å²) in [4.78, 5) is 2.52. The molecule has 2 rings (SSSR count). The third kappa shape index (κ3) is 3.28. The Kier molecular flexibility index (Phi) is 4.48. The van der Waals surface area contributed by atoms with Crippen LogP contribution in [0.3, 0.4) is 0 Å². The molecule has 3 heteroatoms. The summed E-state index contributed by atoms with van der Waals surface area (Å²) in [6, 6.07) is 8.49. The molecule has 19 heavy (non-hydrogen) atoms. The van der Waals surface area contributed by atoms with Gasteiger partial charge in [-0.15, -0.1) is 0 Å². The number of rotatable bonds is 4. The number of hydrogen-bond acceptors (Lipinski definition) is 3. The molecule has 0 aromatic heterocycles. The lowest BCUT2D eigenvalue weighted by atomic mass is 9.83. The molecule has 0 spiro atoms. The van der Waals surface area contributed by atoms with Gasteiger partial charge in [0.1, 0.15) is 5.75 Å². The summed E-state index contributed by atoms with van der Waals surface area (Å²) in [6.45, 7) is 7.55. The first kappa shape index (κ1) is 14.4. The van der Waals surface area contributed by atoms with Gasteiger partial charge in [0.25, 0.3) is 0 Å². The van der Waals surface area contributed by atoms with E-state index in [1.165, 1.54) is 18.4 Å². The van der Waals surface area contributed by atoms with Gasteiger partial charge >= 0.3 is 0 Å². The van der Waals surface area contributed by atoms with E-state index in [4.69, 9.17) is 10.5 Å². The average Bonchev–Trinajstić information content (AvgIpc) is 2.39. The first-order valence-electron chi connectivity index (χ1n) is 7.14. The van der Waals surface area contributed by atoms with Gasteiger partial charge in [0, 0.05) is 18.7 Å². The van der Waals surface area contributed by atoms with Crippen LogP contribution < -0.4 is 10.5 Å². The van der Waals surface area contributed by atoms with E-state index in [2.05, 4.69) is 30.9 Å². The topological polar surface area (TPSA) is 38.5 Å². The Morgan fingerprint density at radius 3 is 2.74 bits per heavy atom. The molecule has 1 saturated heterocycles. The maximum atomic E-state index is 6.05. The molecule has 1 fully saturated rings. The van der Waals surface area contributed by atoms with Gasteiger partial charge < -0.3 is 10.5 Å². The van der Waals surface area contributed by atoms with Crippen LogP contribution in [0.5, 0.6) is 5.75 Å². The SMILES string of the molecule is COc1ccccc1C(CN)N1CCCC(C)(C)C1. The van der Waals surface area contributed by atoms with E-state index < -0.39 is 0 Å². The van der Waals surface area contributed by atoms with Crippen molar-refractivity contribution in [3.05, 3.63) is 29.8 Å². The number of benzene rings is 1. The zero-order chi connectivity index (χ0) is 13.9. The van der Waals surface area contributed by atoms with Crippen LogP contribution in [-0.4, -0.2) is 31.6 Å². The minimum atomic E-state index is 0.260. The highest BCUT2D eigenvalue weighted by molar-refractivity contribution is 5.36. The van der Waals surface area contributed by atoms with E-state index >= 15 is 0 Å². The second-order valence-corrected chi connectivity index (χ2v) is 6.23. The maximum Gasteiger partial charge on any atom is 0.123 e. The fraction of sp³-hybridized carbons (Fsp3) is 0.625. The van der Waals surface area contributed by atoms with Gasteiger partial charge in [0.15, 0.2) is 0 Å². The lowest BCUT2D eigenvalue weighted by Crippen LogP contribution is -2.44. The number of nitrogens with zero attached hydrogens (tertiary/aromatic N) is 1. The van der Waals surface area contributed by atoms with Gasteiger partial charge in [-0.05, 0) is 30.9 Å². The Bertz CT molecular complexity index is 417. The molecule has 1 aliphatic rings. The molecule has 1 aliphatic heterocycles. The molecule has 0 bridgehead atoms. The summed E-state index contributed by atoms with van der Waals surface area (Å²) in [5, 5.41) is 0. The van der Waals surface area contributed by atoms with E-state index in [1.54, 1.807) is 7.11 Å². The molecule has 1 aromatic carbocycles. The van der Waals surface area contributed by atoms with Crippen LogP contribution in [-0.2, 0) is 0 Å². The number of hydrogen-bond donors (Lipinski definition) is 1. The zero-order valence-electron chi connectivity index (χ0n) is 12.4. The number of piperidine rings is 1. The van der Waals surface area contributed by atoms with Crippen molar-refractivity contribution < 1.29 is 4.74 Å². The van der Waals surface area contributed by atoms with Crippen LogP contribution in [0.25, 0.3) is 0 Å². The molecule has 0 saturated carbocycles. The fourth-order valence-corrected chi connectivity index (χ4v) is 3.15. The van der Waals surface area contributed by atoms with Crippen molar-refractivity contribution in [3.8, 4) is 5.75 Å². The van der Waals surface area contributed by atoms with E-state index in [9.17, 15) is 0 Å². The van der Waals surface area contributed by atoms with Crippen molar-refractivity contribution in [3.63, 3.8) is 0 Å². The van der Waals surface area contributed by atoms with Gasteiger partial charge in [-0.3, -0.25) is 4.90 Å². The highest BCUT2D eigenvalue weighted by Crippen LogP contribution is 2.35. The molecule has 1 heterocycles. The molecule has 0 amide bonds. The molecule has 1 unspecified atom stereocenters. The third-order valence-corrected chi connectivity index (χ3v) is 4.09. The average molecular weight is 262 g/mol. The van der Waals surface area contributed by atoms with Crippen LogP contribution >= 0.6 is 0 Å². The van der Waals surface area contributed by atoms with Crippen LogP contribution in [0.15, 0.2) is 24.3 Å². The predicted octanol–water partition coefficient (Wildman–Crippen LogP) is 2.82. The van der Waals surface area contributed by atoms with Crippen LogP contribution in [0.1, 0.15) is 38.3 Å². The Labute approximate surface area is 116 Å². The predicted molar refractivity (Wildman–Crippen MR) is 79.4 cm³/mol. The zero-order valence-corrected chi connectivity index (χ0v) is 12.4. The fourth-order valence-electron chi connectivity index (χ4n) is 3.15. The Hall–Kier alpha value is -1.06. The summed E-state index contributed by atoms with van der Waals surface area (Å²) in [5.41, 5.74) is 7.65. The lowest BCUT2D eigenvalue weighted by Gasteiger charge is -2.42. The molecule has 0 radical (unpaired) electrons. The van der Waals surface area contributed by atoms with Crippen molar-refractivity contribution in [1.82, 2.24) is 4.90 Å². The highest BCUT2D eigenvalue weighted by atomic mass is 16.5. The summed E-state index contributed by atoms with van der Waals surface area (Å²) >= 11 is 0. The quantitative estimate of drug-likeness (QED) is 0.907. The number of methoxy groups -OCH3 is 1. The lowest BCUT2D eigenvalue weighted by molar-refractivity contribution is 0.0796. The smallest absolute Gasteiger partial charge is 0.123 e. The van der Waals surface area contributed by atoms with E-state index in [0.29, 0.717) is 12.0 Å². The molecule has 1 atom stereocenters. The van der Waals surface area contributed by atoms with Crippen molar-refractivity contribution >= 4 is 0 Å². The summed E-state index contributed by atoms with van der Waals surface area (Å²) < 4.78 is 5.49. The maximum absolute atomic E-state index is 6.05. The monoisotopic (exact) mass is 262 g/mol. The van der Waals surface area contributed by atoms with E-state index in [-0.39, 0.29) is 6.04 Å². The van der Waals surface area contributed by atoms with Gasteiger partial charge in [0.05, 0.1) is 13.2 Å².